The topological polar surface area (TPSA) is 87.8 Å². The molecule has 6 aromatic rings. The SMILES string of the molecule is CNC(=O)c1c(-c2ccc(F)cc2)oc2cc(N(C)C)c(-c3ccc4c(c3)-c3cc5ccccc5n3CN4S(C)(=O)=O)cc12. The Balaban J connectivity index is 1.49. The van der Waals surface area contributed by atoms with Crippen LogP contribution >= 0.6 is 0 Å². The van der Waals surface area contributed by atoms with Crippen molar-refractivity contribution in [1.29, 1.82) is 0 Å². The van der Waals surface area contributed by atoms with Crippen molar-refractivity contribution in [3.05, 3.63) is 96.3 Å². The highest BCUT2D eigenvalue weighted by molar-refractivity contribution is 7.92. The maximum absolute atomic E-state index is 13.7. The number of rotatable bonds is 5. The number of benzene rings is 4. The lowest BCUT2D eigenvalue weighted by Crippen LogP contribution is -2.35. The Morgan fingerprint density at radius 1 is 0.932 bits per heavy atom. The number of nitrogens with zero attached hydrogens (tertiary/aromatic N) is 3. The van der Waals surface area contributed by atoms with Crippen LogP contribution in [0.15, 0.2) is 89.3 Å². The number of carbonyl (C=O) groups excluding carboxylic acids is 1. The van der Waals surface area contributed by atoms with Crippen molar-refractivity contribution in [2.75, 3.05) is 36.6 Å². The number of sulfonamides is 1. The van der Waals surface area contributed by atoms with E-state index in [0.717, 1.165) is 39.0 Å². The fourth-order valence-corrected chi connectivity index (χ4v) is 6.93. The van der Waals surface area contributed by atoms with Crippen molar-refractivity contribution in [3.8, 4) is 33.7 Å². The molecule has 7 rings (SSSR count). The van der Waals surface area contributed by atoms with Gasteiger partial charge in [-0.25, -0.2) is 12.8 Å². The smallest absolute Gasteiger partial charge is 0.255 e. The largest absolute Gasteiger partial charge is 0.455 e. The number of anilines is 2. The van der Waals surface area contributed by atoms with Gasteiger partial charge in [0.25, 0.3) is 5.91 Å². The lowest BCUT2D eigenvalue weighted by Gasteiger charge is -2.32. The molecule has 0 aliphatic carbocycles. The summed E-state index contributed by atoms with van der Waals surface area (Å²) in [6.07, 6.45) is 1.22. The van der Waals surface area contributed by atoms with Gasteiger partial charge in [0.1, 0.15) is 23.8 Å². The van der Waals surface area contributed by atoms with Gasteiger partial charge in [0.05, 0.1) is 28.7 Å². The molecule has 222 valence electrons. The van der Waals surface area contributed by atoms with Crippen molar-refractivity contribution < 1.29 is 22.0 Å². The molecule has 44 heavy (non-hydrogen) atoms. The van der Waals surface area contributed by atoms with E-state index in [0.29, 0.717) is 33.5 Å². The minimum absolute atomic E-state index is 0.180. The molecular formula is C34H29FN4O4S. The average molecular weight is 609 g/mol. The van der Waals surface area contributed by atoms with E-state index in [4.69, 9.17) is 4.42 Å². The predicted molar refractivity (Wildman–Crippen MR) is 173 cm³/mol. The molecule has 10 heteroatoms. The molecular weight excluding hydrogens is 579 g/mol. The van der Waals surface area contributed by atoms with Gasteiger partial charge in [-0.15, -0.1) is 0 Å². The van der Waals surface area contributed by atoms with Gasteiger partial charge >= 0.3 is 0 Å². The van der Waals surface area contributed by atoms with Gasteiger partial charge in [0.2, 0.25) is 10.0 Å². The van der Waals surface area contributed by atoms with E-state index in [-0.39, 0.29) is 18.4 Å². The molecule has 0 saturated carbocycles. The summed E-state index contributed by atoms with van der Waals surface area (Å²) in [4.78, 5) is 15.2. The van der Waals surface area contributed by atoms with Gasteiger partial charge in [0.15, 0.2) is 0 Å². The normalized spacial score (nSPS) is 12.8. The van der Waals surface area contributed by atoms with Crippen LogP contribution in [0, 0.1) is 5.82 Å². The summed E-state index contributed by atoms with van der Waals surface area (Å²) in [6.45, 7) is 0.180. The van der Waals surface area contributed by atoms with Gasteiger partial charge in [-0.3, -0.25) is 9.10 Å². The minimum Gasteiger partial charge on any atom is -0.455 e. The molecule has 4 aromatic carbocycles. The Hall–Kier alpha value is -5.09. The predicted octanol–water partition coefficient (Wildman–Crippen LogP) is 6.69. The molecule has 1 aliphatic rings. The fraction of sp³-hybridized carbons (Fsp3) is 0.147. The van der Waals surface area contributed by atoms with Crippen molar-refractivity contribution in [2.24, 2.45) is 0 Å². The molecule has 0 unspecified atom stereocenters. The van der Waals surface area contributed by atoms with E-state index < -0.39 is 10.0 Å². The number of fused-ring (bicyclic) bond motifs is 6. The third-order valence-corrected chi connectivity index (χ3v) is 9.29. The summed E-state index contributed by atoms with van der Waals surface area (Å²) < 4.78 is 49.4. The van der Waals surface area contributed by atoms with Crippen LogP contribution in [0.1, 0.15) is 10.4 Å². The van der Waals surface area contributed by atoms with Gasteiger partial charge in [-0.2, -0.15) is 0 Å². The Kier molecular flexibility index (Phi) is 6.29. The highest BCUT2D eigenvalue weighted by Crippen LogP contribution is 2.45. The summed E-state index contributed by atoms with van der Waals surface area (Å²) in [7, 11) is 1.83. The third kappa shape index (κ3) is 4.32. The highest BCUT2D eigenvalue weighted by Gasteiger charge is 2.30. The molecule has 2 aromatic heterocycles. The van der Waals surface area contributed by atoms with Crippen LogP contribution in [-0.2, 0) is 16.7 Å². The number of hydrogen-bond donors (Lipinski definition) is 1. The zero-order valence-corrected chi connectivity index (χ0v) is 25.4. The van der Waals surface area contributed by atoms with E-state index in [2.05, 4.69) is 11.4 Å². The Bertz CT molecular complexity index is 2230. The number of furan rings is 1. The first-order valence-electron chi connectivity index (χ1n) is 14.0. The van der Waals surface area contributed by atoms with E-state index in [1.165, 1.54) is 22.7 Å². The second-order valence-electron chi connectivity index (χ2n) is 11.2. The van der Waals surface area contributed by atoms with Crippen LogP contribution in [0.4, 0.5) is 15.8 Å². The molecule has 0 spiro atoms. The Morgan fingerprint density at radius 3 is 2.36 bits per heavy atom. The lowest BCUT2D eigenvalue weighted by molar-refractivity contribution is 0.0964. The van der Waals surface area contributed by atoms with Crippen LogP contribution in [0.3, 0.4) is 0 Å². The number of halogens is 1. The first-order valence-corrected chi connectivity index (χ1v) is 15.9. The third-order valence-electron chi connectivity index (χ3n) is 8.18. The van der Waals surface area contributed by atoms with E-state index in [1.54, 1.807) is 19.2 Å². The number of carbonyl (C=O) groups is 1. The second kappa shape index (κ2) is 9.99. The molecule has 0 bridgehead atoms. The van der Waals surface area contributed by atoms with Crippen LogP contribution in [0.25, 0.3) is 55.6 Å². The molecule has 8 nitrogen and oxygen atoms in total. The van der Waals surface area contributed by atoms with Crippen molar-refractivity contribution in [1.82, 2.24) is 9.88 Å². The van der Waals surface area contributed by atoms with Crippen LogP contribution < -0.4 is 14.5 Å². The quantitative estimate of drug-likeness (QED) is 0.236. The number of nitrogens with one attached hydrogen (secondary N) is 1. The maximum atomic E-state index is 13.7. The minimum atomic E-state index is -3.58. The Morgan fingerprint density at radius 2 is 1.66 bits per heavy atom. The number of para-hydroxylation sites is 1. The molecule has 0 radical (unpaired) electrons. The van der Waals surface area contributed by atoms with Gasteiger partial charge in [-0.05, 0) is 60.2 Å². The first kappa shape index (κ1) is 27.7. The highest BCUT2D eigenvalue weighted by atomic mass is 32.2. The van der Waals surface area contributed by atoms with E-state index in [1.807, 2.05) is 78.2 Å². The van der Waals surface area contributed by atoms with Crippen LogP contribution in [0.2, 0.25) is 0 Å². The molecule has 1 N–H and O–H groups in total. The number of aromatic nitrogens is 1. The van der Waals surface area contributed by atoms with Gasteiger partial charge < -0.3 is 19.2 Å². The van der Waals surface area contributed by atoms with E-state index >= 15 is 0 Å². The van der Waals surface area contributed by atoms with Crippen molar-refractivity contribution in [3.63, 3.8) is 0 Å². The monoisotopic (exact) mass is 608 g/mol. The van der Waals surface area contributed by atoms with Gasteiger partial charge in [0, 0.05) is 60.4 Å². The van der Waals surface area contributed by atoms with Crippen LogP contribution in [0.5, 0.6) is 0 Å². The first-order chi connectivity index (χ1) is 21.0. The van der Waals surface area contributed by atoms with Crippen molar-refractivity contribution in [2.45, 2.75) is 6.67 Å². The zero-order chi connectivity index (χ0) is 30.9. The summed E-state index contributed by atoms with van der Waals surface area (Å²) in [5.41, 5.74) is 7.22. The maximum Gasteiger partial charge on any atom is 0.255 e. The lowest BCUT2D eigenvalue weighted by atomic mass is 9.95. The summed E-state index contributed by atoms with van der Waals surface area (Å²) in [6, 6.07) is 25.4. The zero-order valence-electron chi connectivity index (χ0n) is 24.6. The molecule has 1 amide bonds. The van der Waals surface area contributed by atoms with E-state index in [9.17, 15) is 17.6 Å². The van der Waals surface area contributed by atoms with Gasteiger partial charge in [-0.1, -0.05) is 24.3 Å². The Labute approximate surface area is 254 Å². The molecule has 3 heterocycles. The summed E-state index contributed by atoms with van der Waals surface area (Å²) in [5, 5.41) is 4.34. The average Bonchev–Trinajstić information content (AvgIpc) is 3.57. The summed E-state index contributed by atoms with van der Waals surface area (Å²) >= 11 is 0. The molecule has 0 atom stereocenters. The summed E-state index contributed by atoms with van der Waals surface area (Å²) in [5.74, 6) is -0.366. The molecule has 1 aliphatic heterocycles. The fourth-order valence-electron chi connectivity index (χ4n) is 6.09. The molecule has 0 fully saturated rings. The van der Waals surface area contributed by atoms with Crippen LogP contribution in [-0.4, -0.2) is 46.3 Å². The van der Waals surface area contributed by atoms with Crippen molar-refractivity contribution >= 4 is 49.2 Å². The number of hydrogen-bond acceptors (Lipinski definition) is 5. The molecule has 0 saturated heterocycles. The second-order valence-corrected chi connectivity index (χ2v) is 13.1. The number of amides is 1. The standard InChI is InChI=1S/C34H29FN4O4S/c1-36-34(40)32-26-17-24(29(37(2)3)18-31(26)43-33(32)20-9-12-23(35)13-10-20)21-11-14-28-25(15-21)30-16-22-7-5-6-8-27(22)38(30)19-39(28)44(4,41)42/h5-18H,19H2,1-4H3,(H,36,40).